The number of hydrogen-bond acceptors (Lipinski definition) is 3. The summed E-state index contributed by atoms with van der Waals surface area (Å²) in [5.74, 6) is -0.373. The average Bonchev–Trinajstić information content (AvgIpc) is 3.65. The topological polar surface area (TPSA) is 99.3 Å². The van der Waals surface area contributed by atoms with Gasteiger partial charge in [-0.2, -0.15) is 0 Å². The van der Waals surface area contributed by atoms with Crippen molar-refractivity contribution in [2.24, 2.45) is 0 Å². The van der Waals surface area contributed by atoms with Crippen LogP contribution in [0.5, 0.6) is 0 Å². The molecule has 0 atom stereocenters. The third kappa shape index (κ3) is 6.56. The molecule has 3 aromatic carbocycles. The van der Waals surface area contributed by atoms with Gasteiger partial charge in [-0.3, -0.25) is 9.59 Å². The Labute approximate surface area is 198 Å². The minimum absolute atomic E-state index is 0.0720. The second-order valence-electron chi connectivity index (χ2n) is 8.17. The van der Waals surface area contributed by atoms with Crippen LogP contribution in [0.3, 0.4) is 0 Å². The molecule has 1 fully saturated rings. The van der Waals surface area contributed by atoms with Gasteiger partial charge < -0.3 is 21.3 Å². The molecule has 4 rings (SSSR count). The standard InChI is InChI=1S/C27H26N4O3/c1-18-7-13-23(30-27(34)29-21-5-3-2-4-6-21)17-24(18)31-25(32)16-10-19-8-11-20(12-9-19)26(33)28-22-14-15-22/h2-13,16-17,22H,14-15H2,1H3,(H,28,33)(H,31,32)(H2,29,30,34). The Morgan fingerprint density at radius 1 is 0.824 bits per heavy atom. The third-order valence-corrected chi connectivity index (χ3v) is 5.30. The number of carbonyl (C=O) groups is 3. The van der Waals surface area contributed by atoms with Crippen molar-refractivity contribution < 1.29 is 14.4 Å². The van der Waals surface area contributed by atoms with Crippen LogP contribution in [-0.4, -0.2) is 23.9 Å². The zero-order valence-corrected chi connectivity index (χ0v) is 18.8. The van der Waals surface area contributed by atoms with Crippen LogP contribution in [0.25, 0.3) is 6.08 Å². The van der Waals surface area contributed by atoms with Crippen LogP contribution < -0.4 is 21.3 Å². The summed E-state index contributed by atoms with van der Waals surface area (Å²) >= 11 is 0. The molecular weight excluding hydrogens is 428 g/mol. The number of benzene rings is 3. The van der Waals surface area contributed by atoms with Crippen LogP contribution in [0.1, 0.15) is 34.3 Å². The molecule has 172 valence electrons. The maximum Gasteiger partial charge on any atom is 0.323 e. The number of para-hydroxylation sites is 1. The first-order valence-corrected chi connectivity index (χ1v) is 11.1. The lowest BCUT2D eigenvalue weighted by atomic mass is 10.1. The molecule has 0 saturated heterocycles. The summed E-state index contributed by atoms with van der Waals surface area (Å²) < 4.78 is 0. The zero-order valence-electron chi connectivity index (χ0n) is 18.8. The van der Waals surface area contributed by atoms with E-state index in [0.717, 1.165) is 24.0 Å². The molecule has 0 spiro atoms. The summed E-state index contributed by atoms with van der Waals surface area (Å²) in [4.78, 5) is 36.8. The number of carbonyl (C=O) groups excluding carboxylic acids is 3. The van der Waals surface area contributed by atoms with Gasteiger partial charge in [0.15, 0.2) is 0 Å². The van der Waals surface area contributed by atoms with Crippen LogP contribution in [0.2, 0.25) is 0 Å². The summed E-state index contributed by atoms with van der Waals surface area (Å²) in [5.41, 5.74) is 4.11. The Hall–Kier alpha value is -4.39. The first-order chi connectivity index (χ1) is 16.5. The lowest BCUT2D eigenvalue weighted by Crippen LogP contribution is -2.25. The number of anilines is 3. The van der Waals surface area contributed by atoms with Crippen molar-refractivity contribution in [3.8, 4) is 0 Å². The van der Waals surface area contributed by atoms with E-state index in [0.29, 0.717) is 28.7 Å². The molecule has 0 bridgehead atoms. The van der Waals surface area contributed by atoms with Gasteiger partial charge in [0.1, 0.15) is 0 Å². The van der Waals surface area contributed by atoms with Gasteiger partial charge in [-0.1, -0.05) is 36.4 Å². The molecule has 4 amide bonds. The van der Waals surface area contributed by atoms with E-state index < -0.39 is 0 Å². The quantitative estimate of drug-likeness (QED) is 0.370. The van der Waals surface area contributed by atoms with Gasteiger partial charge in [0.25, 0.3) is 5.91 Å². The molecule has 34 heavy (non-hydrogen) atoms. The van der Waals surface area contributed by atoms with Crippen LogP contribution in [0.4, 0.5) is 21.9 Å². The van der Waals surface area contributed by atoms with Gasteiger partial charge in [0.2, 0.25) is 5.91 Å². The number of hydrogen-bond donors (Lipinski definition) is 4. The van der Waals surface area contributed by atoms with Gasteiger partial charge in [-0.15, -0.1) is 0 Å². The summed E-state index contributed by atoms with van der Waals surface area (Å²) in [6, 6.07) is 21.5. The van der Waals surface area contributed by atoms with Gasteiger partial charge in [0, 0.05) is 34.7 Å². The van der Waals surface area contributed by atoms with E-state index in [9.17, 15) is 14.4 Å². The molecule has 7 heteroatoms. The second kappa shape index (κ2) is 10.5. The zero-order chi connectivity index (χ0) is 23.9. The number of aryl methyl sites for hydroxylation is 1. The molecular formula is C27H26N4O3. The summed E-state index contributed by atoms with van der Waals surface area (Å²) in [7, 11) is 0. The van der Waals surface area contributed by atoms with Crippen molar-refractivity contribution in [3.63, 3.8) is 0 Å². The average molecular weight is 455 g/mol. The highest BCUT2D eigenvalue weighted by Gasteiger charge is 2.23. The number of amides is 4. The van der Waals surface area contributed by atoms with Crippen LogP contribution >= 0.6 is 0 Å². The molecule has 1 aliphatic rings. The van der Waals surface area contributed by atoms with Gasteiger partial charge in [-0.05, 0) is 73.4 Å². The molecule has 7 nitrogen and oxygen atoms in total. The van der Waals surface area contributed by atoms with Crippen molar-refractivity contribution in [2.75, 3.05) is 16.0 Å². The Bertz CT molecular complexity index is 1220. The van der Waals surface area contributed by atoms with Crippen LogP contribution in [0.15, 0.2) is 78.9 Å². The van der Waals surface area contributed by atoms with Crippen molar-refractivity contribution in [2.45, 2.75) is 25.8 Å². The molecule has 1 aliphatic carbocycles. The maximum atomic E-state index is 12.5. The van der Waals surface area contributed by atoms with Gasteiger partial charge in [0.05, 0.1) is 0 Å². The van der Waals surface area contributed by atoms with E-state index >= 15 is 0 Å². The fourth-order valence-electron chi connectivity index (χ4n) is 3.24. The Balaban J connectivity index is 1.33. The van der Waals surface area contributed by atoms with E-state index in [1.165, 1.54) is 6.08 Å². The first-order valence-electron chi connectivity index (χ1n) is 11.1. The Morgan fingerprint density at radius 3 is 2.24 bits per heavy atom. The third-order valence-electron chi connectivity index (χ3n) is 5.30. The van der Waals surface area contributed by atoms with Crippen molar-refractivity contribution >= 4 is 41.0 Å². The molecule has 0 radical (unpaired) electrons. The monoisotopic (exact) mass is 454 g/mol. The molecule has 3 aromatic rings. The second-order valence-corrected chi connectivity index (χ2v) is 8.17. The Morgan fingerprint density at radius 2 is 1.53 bits per heavy atom. The molecule has 1 saturated carbocycles. The predicted molar refractivity (Wildman–Crippen MR) is 135 cm³/mol. The molecule has 0 aliphatic heterocycles. The minimum Gasteiger partial charge on any atom is -0.349 e. The normalized spacial score (nSPS) is 12.7. The summed E-state index contributed by atoms with van der Waals surface area (Å²) in [6.45, 7) is 1.87. The molecule has 0 unspecified atom stereocenters. The van der Waals surface area contributed by atoms with Crippen molar-refractivity contribution in [1.82, 2.24) is 5.32 Å². The van der Waals surface area contributed by atoms with Crippen molar-refractivity contribution in [3.05, 3.63) is 95.6 Å². The lowest BCUT2D eigenvalue weighted by Gasteiger charge is -2.11. The fourth-order valence-corrected chi connectivity index (χ4v) is 3.24. The number of urea groups is 1. The largest absolute Gasteiger partial charge is 0.349 e. The van der Waals surface area contributed by atoms with E-state index in [-0.39, 0.29) is 17.8 Å². The Kier molecular flexibility index (Phi) is 7.03. The molecule has 0 aromatic heterocycles. The summed E-state index contributed by atoms with van der Waals surface area (Å²) in [6.07, 6.45) is 5.20. The summed E-state index contributed by atoms with van der Waals surface area (Å²) in [5, 5.41) is 11.3. The first kappa shape index (κ1) is 22.8. The maximum absolute atomic E-state index is 12.5. The van der Waals surface area contributed by atoms with E-state index in [1.807, 2.05) is 31.2 Å². The number of nitrogens with one attached hydrogen (secondary N) is 4. The van der Waals surface area contributed by atoms with Gasteiger partial charge in [-0.25, -0.2) is 4.79 Å². The van der Waals surface area contributed by atoms with E-state index in [1.54, 1.807) is 54.6 Å². The minimum atomic E-state index is -0.374. The van der Waals surface area contributed by atoms with Crippen molar-refractivity contribution in [1.29, 1.82) is 0 Å². The van der Waals surface area contributed by atoms with Crippen LogP contribution in [0, 0.1) is 6.92 Å². The molecule has 4 N–H and O–H groups in total. The van der Waals surface area contributed by atoms with E-state index in [4.69, 9.17) is 0 Å². The van der Waals surface area contributed by atoms with Crippen LogP contribution in [-0.2, 0) is 4.79 Å². The molecule has 0 heterocycles. The highest BCUT2D eigenvalue weighted by atomic mass is 16.2. The highest BCUT2D eigenvalue weighted by Crippen LogP contribution is 2.21. The lowest BCUT2D eigenvalue weighted by molar-refractivity contribution is -0.111. The predicted octanol–water partition coefficient (Wildman–Crippen LogP) is 5.18. The van der Waals surface area contributed by atoms with E-state index in [2.05, 4.69) is 21.3 Å². The highest BCUT2D eigenvalue weighted by molar-refractivity contribution is 6.04. The SMILES string of the molecule is Cc1ccc(NC(=O)Nc2ccccc2)cc1NC(=O)C=Cc1ccc(C(=O)NC2CC2)cc1. The fraction of sp³-hybridized carbons (Fsp3) is 0.148. The smallest absolute Gasteiger partial charge is 0.323 e. The number of rotatable bonds is 7. The van der Waals surface area contributed by atoms with Gasteiger partial charge >= 0.3 is 6.03 Å².